The number of nitrogens with two attached hydrogens (primary N) is 1. The number of pyridine rings is 1. The van der Waals surface area contributed by atoms with Crippen LogP contribution in [0.15, 0.2) is 57.9 Å². The second-order valence-electron chi connectivity index (χ2n) is 5.85. The predicted molar refractivity (Wildman–Crippen MR) is 106 cm³/mol. The topological polar surface area (TPSA) is 118 Å². The molecular formula is C18H14ClN5O3S. The second kappa shape index (κ2) is 7.37. The number of halogens is 1. The predicted octanol–water partition coefficient (Wildman–Crippen LogP) is 3.33. The lowest BCUT2D eigenvalue weighted by atomic mass is 10.1. The van der Waals surface area contributed by atoms with Crippen LogP contribution in [-0.2, 0) is 6.54 Å². The first kappa shape index (κ1) is 18.1. The molecule has 0 saturated heterocycles. The Kier molecular flexibility index (Phi) is 4.76. The average Bonchev–Trinajstić information content (AvgIpc) is 3.46. The van der Waals surface area contributed by atoms with E-state index in [2.05, 4.69) is 15.5 Å². The van der Waals surface area contributed by atoms with E-state index in [1.807, 2.05) is 17.5 Å². The van der Waals surface area contributed by atoms with Crippen LogP contribution >= 0.6 is 22.9 Å². The Hall–Kier alpha value is -3.30. The molecule has 142 valence electrons. The smallest absolute Gasteiger partial charge is 0.273 e. The zero-order valence-electron chi connectivity index (χ0n) is 14.3. The molecule has 0 aromatic carbocycles. The van der Waals surface area contributed by atoms with Gasteiger partial charge in [-0.1, -0.05) is 22.8 Å². The van der Waals surface area contributed by atoms with Gasteiger partial charge in [0.15, 0.2) is 11.5 Å². The Morgan fingerprint density at radius 3 is 2.96 bits per heavy atom. The highest BCUT2D eigenvalue weighted by Gasteiger charge is 2.22. The van der Waals surface area contributed by atoms with E-state index in [1.54, 1.807) is 24.6 Å². The number of amides is 1. The first-order valence-corrected chi connectivity index (χ1v) is 9.37. The number of nitrogens with one attached hydrogen (secondary N) is 1. The van der Waals surface area contributed by atoms with Crippen molar-refractivity contribution in [3.05, 3.63) is 69.7 Å². The maximum atomic E-state index is 12.6. The number of carbonyl (C=O) groups is 1. The third kappa shape index (κ3) is 3.21. The molecule has 0 atom stereocenters. The fraction of sp³-hybridized carbons (Fsp3) is 0.0556. The first-order valence-electron chi connectivity index (χ1n) is 8.11. The molecule has 0 bridgehead atoms. The number of hydrogen-bond donors (Lipinski definition) is 3. The monoisotopic (exact) mass is 415 g/mol. The Labute approximate surface area is 167 Å². The third-order valence-electron chi connectivity index (χ3n) is 4.12. The summed E-state index contributed by atoms with van der Waals surface area (Å²) in [5.41, 5.74) is 7.97. The van der Waals surface area contributed by atoms with E-state index in [9.17, 15) is 4.79 Å². The van der Waals surface area contributed by atoms with Crippen molar-refractivity contribution in [2.45, 2.75) is 6.54 Å². The molecule has 0 radical (unpaired) electrons. The van der Waals surface area contributed by atoms with Crippen LogP contribution in [0.5, 0.6) is 0 Å². The zero-order chi connectivity index (χ0) is 19.7. The number of fused-ring (bicyclic) bond motifs is 1. The highest BCUT2D eigenvalue weighted by atomic mass is 35.5. The van der Waals surface area contributed by atoms with Crippen molar-refractivity contribution in [1.82, 2.24) is 14.7 Å². The van der Waals surface area contributed by atoms with E-state index in [0.717, 1.165) is 10.4 Å². The maximum Gasteiger partial charge on any atom is 0.273 e. The van der Waals surface area contributed by atoms with E-state index in [4.69, 9.17) is 27.0 Å². The summed E-state index contributed by atoms with van der Waals surface area (Å²) in [4.78, 5) is 17.9. The second-order valence-corrected chi connectivity index (χ2v) is 7.24. The van der Waals surface area contributed by atoms with Crippen LogP contribution < -0.4 is 11.1 Å². The molecule has 4 rings (SSSR count). The van der Waals surface area contributed by atoms with Gasteiger partial charge in [-0.2, -0.15) is 0 Å². The van der Waals surface area contributed by atoms with Gasteiger partial charge in [0.2, 0.25) is 0 Å². The van der Waals surface area contributed by atoms with Crippen molar-refractivity contribution >= 4 is 40.3 Å². The summed E-state index contributed by atoms with van der Waals surface area (Å²) < 4.78 is 6.64. The Balaban J connectivity index is 1.79. The summed E-state index contributed by atoms with van der Waals surface area (Å²) in [6.45, 7) is 0.369. The molecule has 4 N–H and O–H groups in total. The van der Waals surface area contributed by atoms with Gasteiger partial charge in [0.1, 0.15) is 10.8 Å². The van der Waals surface area contributed by atoms with Crippen LogP contribution in [-0.4, -0.2) is 26.3 Å². The minimum absolute atomic E-state index is 0.0505. The molecule has 4 heterocycles. The van der Waals surface area contributed by atoms with Gasteiger partial charge in [-0.05, 0) is 23.6 Å². The largest absolute Gasteiger partial charge is 0.472 e. The highest BCUT2D eigenvalue weighted by molar-refractivity contribution is 7.09. The Morgan fingerprint density at radius 2 is 2.29 bits per heavy atom. The van der Waals surface area contributed by atoms with E-state index in [-0.39, 0.29) is 16.7 Å². The molecule has 1 amide bonds. The van der Waals surface area contributed by atoms with Crippen LogP contribution in [0.2, 0.25) is 5.15 Å². The zero-order valence-corrected chi connectivity index (χ0v) is 15.9. The van der Waals surface area contributed by atoms with Gasteiger partial charge in [0, 0.05) is 22.2 Å². The Bertz CT molecular complexity index is 1170. The molecule has 0 spiro atoms. The molecule has 28 heavy (non-hydrogen) atoms. The lowest BCUT2D eigenvalue weighted by Crippen LogP contribution is -2.23. The number of rotatable bonds is 5. The van der Waals surface area contributed by atoms with Crippen molar-refractivity contribution in [2.75, 3.05) is 0 Å². The molecule has 10 heteroatoms. The minimum atomic E-state index is -0.419. The number of imidazole rings is 1. The van der Waals surface area contributed by atoms with Gasteiger partial charge < -0.3 is 20.7 Å². The summed E-state index contributed by atoms with van der Waals surface area (Å²) in [6, 6.07) is 7.28. The molecule has 0 aliphatic heterocycles. The Morgan fingerprint density at radius 1 is 1.43 bits per heavy atom. The van der Waals surface area contributed by atoms with Crippen molar-refractivity contribution < 1.29 is 14.4 Å². The van der Waals surface area contributed by atoms with E-state index >= 15 is 0 Å². The first-order chi connectivity index (χ1) is 13.6. The summed E-state index contributed by atoms with van der Waals surface area (Å²) in [7, 11) is 0. The molecule has 4 aromatic heterocycles. The number of carbonyl (C=O) groups excluding carboxylic acids is 1. The summed E-state index contributed by atoms with van der Waals surface area (Å²) in [6.07, 6.45) is 4.79. The van der Waals surface area contributed by atoms with Gasteiger partial charge in [-0.3, -0.25) is 9.20 Å². The lowest BCUT2D eigenvalue weighted by Gasteiger charge is -2.06. The summed E-state index contributed by atoms with van der Waals surface area (Å²) in [5.74, 6) is -0.569. The molecule has 8 nitrogen and oxygen atoms in total. The van der Waals surface area contributed by atoms with E-state index in [1.165, 1.54) is 22.0 Å². The van der Waals surface area contributed by atoms with Crippen LogP contribution in [0.1, 0.15) is 20.9 Å². The number of thiophene rings is 1. The van der Waals surface area contributed by atoms with E-state index in [0.29, 0.717) is 23.3 Å². The normalized spacial score (nSPS) is 11.8. The van der Waals surface area contributed by atoms with Gasteiger partial charge in [-0.25, -0.2) is 4.98 Å². The number of nitrogens with zero attached hydrogens (tertiary/aromatic N) is 3. The van der Waals surface area contributed by atoms with Crippen molar-refractivity contribution in [2.24, 2.45) is 10.9 Å². The number of furan rings is 1. The third-order valence-corrected chi connectivity index (χ3v) is 5.36. The van der Waals surface area contributed by atoms with Crippen molar-refractivity contribution in [1.29, 1.82) is 0 Å². The summed E-state index contributed by atoms with van der Waals surface area (Å²) in [5, 5.41) is 17.0. The van der Waals surface area contributed by atoms with Crippen molar-refractivity contribution in [3.63, 3.8) is 0 Å². The molecule has 0 aliphatic rings. The molecule has 0 aliphatic carbocycles. The highest BCUT2D eigenvalue weighted by Crippen LogP contribution is 2.27. The molecule has 0 fully saturated rings. The summed E-state index contributed by atoms with van der Waals surface area (Å²) >= 11 is 7.98. The van der Waals surface area contributed by atoms with Gasteiger partial charge in [-0.15, -0.1) is 11.3 Å². The van der Waals surface area contributed by atoms with Crippen molar-refractivity contribution in [3.8, 4) is 11.1 Å². The number of hydrogen-bond acceptors (Lipinski definition) is 6. The fourth-order valence-electron chi connectivity index (χ4n) is 2.75. The number of amidine groups is 1. The minimum Gasteiger partial charge on any atom is -0.472 e. The van der Waals surface area contributed by atoms with E-state index < -0.39 is 5.91 Å². The van der Waals surface area contributed by atoms with Crippen LogP contribution in [0, 0.1) is 0 Å². The average molecular weight is 416 g/mol. The standard InChI is InChI=1S/C18H14ClN5O3S/c19-15-14(18(25)21-7-12-2-1-5-28-12)22-17-13(16(20)23-26)6-11(8-24(15)17)10-3-4-27-9-10/h1-6,8-9,26H,7H2,(H2,20,23)(H,21,25). The number of oxime groups is 1. The van der Waals surface area contributed by atoms with Gasteiger partial charge in [0.05, 0.1) is 24.6 Å². The number of aromatic nitrogens is 2. The van der Waals surface area contributed by atoms with Crippen LogP contribution in [0.25, 0.3) is 16.8 Å². The van der Waals surface area contributed by atoms with Crippen LogP contribution in [0.3, 0.4) is 0 Å². The van der Waals surface area contributed by atoms with Gasteiger partial charge >= 0.3 is 0 Å². The maximum absolute atomic E-state index is 12.6. The molecule has 0 saturated carbocycles. The SMILES string of the molecule is N/C(=N\O)c1cc(-c2ccoc2)cn2c(Cl)c(C(=O)NCc3cccs3)nc12. The van der Waals surface area contributed by atoms with Gasteiger partial charge in [0.25, 0.3) is 5.91 Å². The van der Waals surface area contributed by atoms with Crippen LogP contribution in [0.4, 0.5) is 0 Å². The molecule has 0 unspecified atom stereocenters. The quantitative estimate of drug-likeness (QED) is 0.200. The molecular weight excluding hydrogens is 402 g/mol. The lowest BCUT2D eigenvalue weighted by molar-refractivity contribution is 0.0947. The fourth-order valence-corrected chi connectivity index (χ4v) is 3.66. The molecule has 4 aromatic rings.